The molecule has 1 saturated heterocycles. The summed E-state index contributed by atoms with van der Waals surface area (Å²) in [5.41, 5.74) is 1.03. The number of hydrogen-bond acceptors (Lipinski definition) is 4. The van der Waals surface area contributed by atoms with E-state index in [-0.39, 0.29) is 0 Å². The molecule has 0 saturated carbocycles. The van der Waals surface area contributed by atoms with Crippen LogP contribution in [-0.4, -0.2) is 36.3 Å². The lowest BCUT2D eigenvalue weighted by Gasteiger charge is -2.31. The molecule has 1 aromatic heterocycles. The van der Waals surface area contributed by atoms with Crippen LogP contribution in [0.1, 0.15) is 25.5 Å². The van der Waals surface area contributed by atoms with Gasteiger partial charge in [0, 0.05) is 38.2 Å². The maximum atomic E-state index is 5.48. The minimum Gasteiger partial charge on any atom is -0.381 e. The molecule has 0 bridgehead atoms. The van der Waals surface area contributed by atoms with Crippen molar-refractivity contribution in [3.05, 3.63) is 18.0 Å². The van der Waals surface area contributed by atoms with Crippen LogP contribution >= 0.6 is 0 Å². The van der Waals surface area contributed by atoms with Crippen molar-refractivity contribution in [3.8, 4) is 0 Å². The van der Waals surface area contributed by atoms with E-state index in [2.05, 4.69) is 21.8 Å². The summed E-state index contributed by atoms with van der Waals surface area (Å²) in [4.78, 5) is 11.1. The predicted octanol–water partition coefficient (Wildman–Crippen LogP) is 2.04. The van der Waals surface area contributed by atoms with Crippen LogP contribution in [-0.2, 0) is 4.74 Å². The quantitative estimate of drug-likeness (QED) is 0.800. The number of aromatic nitrogens is 2. The number of aryl methyl sites for hydroxylation is 1. The highest BCUT2D eigenvalue weighted by atomic mass is 16.5. The molecule has 0 N–H and O–H groups in total. The van der Waals surface area contributed by atoms with Gasteiger partial charge in [0.15, 0.2) is 0 Å². The van der Waals surface area contributed by atoms with Crippen LogP contribution < -0.4 is 4.90 Å². The van der Waals surface area contributed by atoms with E-state index >= 15 is 0 Å². The number of nitrogens with zero attached hydrogens (tertiary/aromatic N) is 3. The highest BCUT2D eigenvalue weighted by Gasteiger charge is 2.20. The first-order chi connectivity index (χ1) is 8.29. The molecule has 1 fully saturated rings. The van der Waals surface area contributed by atoms with Gasteiger partial charge < -0.3 is 9.64 Å². The Hall–Kier alpha value is -1.16. The van der Waals surface area contributed by atoms with Crippen LogP contribution in [0.4, 0.5) is 5.95 Å². The van der Waals surface area contributed by atoms with E-state index < -0.39 is 0 Å². The lowest BCUT2D eigenvalue weighted by molar-refractivity contribution is 0.100. The fourth-order valence-electron chi connectivity index (χ4n) is 2.17. The second-order valence-electron chi connectivity index (χ2n) is 4.59. The van der Waals surface area contributed by atoms with E-state index in [1.54, 1.807) is 0 Å². The Labute approximate surface area is 103 Å². The normalized spacial score (nSPS) is 17.4. The van der Waals surface area contributed by atoms with Gasteiger partial charge in [0.05, 0.1) is 0 Å². The first-order valence-corrected chi connectivity index (χ1v) is 6.42. The van der Waals surface area contributed by atoms with Gasteiger partial charge in [0.1, 0.15) is 0 Å². The van der Waals surface area contributed by atoms with Crippen LogP contribution in [0.3, 0.4) is 0 Å². The third kappa shape index (κ3) is 3.40. The average Bonchev–Trinajstić information content (AvgIpc) is 2.37. The molecule has 0 aromatic carbocycles. The van der Waals surface area contributed by atoms with Crippen LogP contribution in [0.25, 0.3) is 0 Å². The fraction of sp³-hybridized carbons (Fsp3) is 0.692. The third-order valence-electron chi connectivity index (χ3n) is 3.24. The summed E-state index contributed by atoms with van der Waals surface area (Å²) in [6.07, 6.45) is 4.19. The summed E-state index contributed by atoms with van der Waals surface area (Å²) < 4.78 is 5.48. The standard InChI is InChI=1S/C13H21N3O/c1-3-17-10-12-5-8-16(9-6-12)13-14-7-4-11(2)15-13/h4,7,12H,3,5-6,8-10H2,1-2H3. The van der Waals surface area contributed by atoms with E-state index in [0.29, 0.717) is 5.92 Å². The smallest absolute Gasteiger partial charge is 0.225 e. The van der Waals surface area contributed by atoms with Crippen molar-refractivity contribution >= 4 is 5.95 Å². The molecule has 2 rings (SSSR count). The van der Waals surface area contributed by atoms with Crippen LogP contribution in [0.15, 0.2) is 12.3 Å². The monoisotopic (exact) mass is 235 g/mol. The minimum absolute atomic E-state index is 0.705. The molecule has 4 nitrogen and oxygen atoms in total. The summed E-state index contributed by atoms with van der Waals surface area (Å²) >= 11 is 0. The molecule has 0 radical (unpaired) electrons. The molecular formula is C13H21N3O. The first kappa shape index (κ1) is 12.3. The van der Waals surface area contributed by atoms with E-state index in [0.717, 1.165) is 37.9 Å². The van der Waals surface area contributed by atoms with Crippen molar-refractivity contribution in [3.63, 3.8) is 0 Å². The molecule has 4 heteroatoms. The minimum atomic E-state index is 0.705. The Morgan fingerprint density at radius 1 is 1.41 bits per heavy atom. The summed E-state index contributed by atoms with van der Waals surface area (Å²) in [7, 11) is 0. The summed E-state index contributed by atoms with van der Waals surface area (Å²) in [5, 5.41) is 0. The second kappa shape index (κ2) is 5.96. The van der Waals surface area contributed by atoms with Crippen LogP contribution in [0, 0.1) is 12.8 Å². The van der Waals surface area contributed by atoms with Crippen molar-refractivity contribution in [2.45, 2.75) is 26.7 Å². The maximum absolute atomic E-state index is 5.48. The van der Waals surface area contributed by atoms with Gasteiger partial charge in [-0.1, -0.05) is 0 Å². The number of ether oxygens (including phenoxy) is 1. The molecule has 1 aliphatic rings. The average molecular weight is 235 g/mol. The van der Waals surface area contributed by atoms with Gasteiger partial charge in [0.25, 0.3) is 0 Å². The lowest BCUT2D eigenvalue weighted by Crippen LogP contribution is -2.36. The lowest BCUT2D eigenvalue weighted by atomic mass is 9.98. The van der Waals surface area contributed by atoms with E-state index in [1.165, 1.54) is 12.8 Å². The van der Waals surface area contributed by atoms with E-state index in [1.807, 2.05) is 19.2 Å². The topological polar surface area (TPSA) is 38.2 Å². The van der Waals surface area contributed by atoms with Gasteiger partial charge in [-0.15, -0.1) is 0 Å². The molecule has 0 amide bonds. The molecular weight excluding hydrogens is 214 g/mol. The molecule has 0 unspecified atom stereocenters. The highest BCUT2D eigenvalue weighted by molar-refractivity contribution is 5.30. The van der Waals surface area contributed by atoms with Gasteiger partial charge in [-0.2, -0.15) is 0 Å². The molecule has 1 aromatic rings. The Morgan fingerprint density at radius 2 is 2.18 bits per heavy atom. The first-order valence-electron chi connectivity index (χ1n) is 6.42. The van der Waals surface area contributed by atoms with Gasteiger partial charge in [-0.3, -0.25) is 0 Å². The molecule has 0 spiro atoms. The largest absolute Gasteiger partial charge is 0.381 e. The Bertz CT molecular complexity index is 348. The van der Waals surface area contributed by atoms with Gasteiger partial charge >= 0.3 is 0 Å². The number of anilines is 1. The third-order valence-corrected chi connectivity index (χ3v) is 3.24. The Kier molecular flexibility index (Phi) is 4.31. The van der Waals surface area contributed by atoms with Crippen molar-refractivity contribution in [2.24, 2.45) is 5.92 Å². The number of piperidine rings is 1. The Morgan fingerprint density at radius 3 is 2.82 bits per heavy atom. The predicted molar refractivity (Wildman–Crippen MR) is 68.2 cm³/mol. The number of hydrogen-bond donors (Lipinski definition) is 0. The zero-order valence-corrected chi connectivity index (χ0v) is 10.7. The summed E-state index contributed by atoms with van der Waals surface area (Å²) in [5.74, 6) is 1.58. The molecule has 17 heavy (non-hydrogen) atoms. The highest BCUT2D eigenvalue weighted by Crippen LogP contribution is 2.20. The molecule has 0 aliphatic carbocycles. The Balaban J connectivity index is 1.86. The molecule has 1 aliphatic heterocycles. The van der Waals surface area contributed by atoms with Crippen molar-refractivity contribution in [1.29, 1.82) is 0 Å². The van der Waals surface area contributed by atoms with E-state index in [4.69, 9.17) is 4.74 Å². The fourth-order valence-corrected chi connectivity index (χ4v) is 2.17. The van der Waals surface area contributed by atoms with Crippen molar-refractivity contribution < 1.29 is 4.74 Å². The van der Waals surface area contributed by atoms with Crippen molar-refractivity contribution in [2.75, 3.05) is 31.2 Å². The summed E-state index contributed by atoms with van der Waals surface area (Å²) in [6.45, 7) is 7.87. The maximum Gasteiger partial charge on any atom is 0.225 e. The van der Waals surface area contributed by atoms with Gasteiger partial charge in [-0.05, 0) is 38.7 Å². The zero-order valence-electron chi connectivity index (χ0n) is 10.7. The SMILES string of the molecule is CCOCC1CCN(c2nccc(C)n2)CC1. The second-order valence-corrected chi connectivity index (χ2v) is 4.59. The zero-order chi connectivity index (χ0) is 12.1. The van der Waals surface area contributed by atoms with E-state index in [9.17, 15) is 0 Å². The van der Waals surface area contributed by atoms with Gasteiger partial charge in [-0.25, -0.2) is 9.97 Å². The summed E-state index contributed by atoms with van der Waals surface area (Å²) in [6, 6.07) is 1.94. The molecule has 0 atom stereocenters. The van der Waals surface area contributed by atoms with Crippen LogP contribution in [0.5, 0.6) is 0 Å². The molecule has 2 heterocycles. The van der Waals surface area contributed by atoms with Crippen LogP contribution in [0.2, 0.25) is 0 Å². The van der Waals surface area contributed by atoms with Crippen molar-refractivity contribution in [1.82, 2.24) is 9.97 Å². The number of rotatable bonds is 4. The van der Waals surface area contributed by atoms with Gasteiger partial charge in [0.2, 0.25) is 5.95 Å². The molecule has 94 valence electrons.